The van der Waals surface area contributed by atoms with E-state index in [1.165, 1.54) is 0 Å². The Morgan fingerprint density at radius 2 is 2.15 bits per heavy atom. The van der Waals surface area contributed by atoms with Crippen molar-refractivity contribution in [2.24, 2.45) is 0 Å². The normalized spacial score (nSPS) is 15.8. The molecule has 1 aromatic heterocycles. The molecule has 0 bridgehead atoms. The Morgan fingerprint density at radius 1 is 1.37 bits per heavy atom. The minimum atomic E-state index is -0.328. The van der Waals surface area contributed by atoms with E-state index in [9.17, 15) is 9.59 Å². The number of nitrogens with one attached hydrogen (secondary N) is 1. The van der Waals surface area contributed by atoms with Crippen LogP contribution < -0.4 is 10.1 Å². The van der Waals surface area contributed by atoms with E-state index in [0.29, 0.717) is 36.6 Å². The van der Waals surface area contributed by atoms with Crippen molar-refractivity contribution in [3.8, 4) is 17.6 Å². The first-order valence-electron chi connectivity index (χ1n) is 8.74. The molecule has 3 rings (SSSR count). The molecule has 7 nitrogen and oxygen atoms in total. The van der Waals surface area contributed by atoms with Crippen LogP contribution in [-0.4, -0.2) is 41.0 Å². The van der Waals surface area contributed by atoms with Gasteiger partial charge < -0.3 is 19.5 Å². The van der Waals surface area contributed by atoms with Crippen LogP contribution in [0.3, 0.4) is 0 Å². The van der Waals surface area contributed by atoms with Crippen LogP contribution in [0.15, 0.2) is 34.9 Å². The van der Waals surface area contributed by atoms with Crippen molar-refractivity contribution in [3.05, 3.63) is 47.3 Å². The molecule has 1 unspecified atom stereocenters. The SMILES string of the molecule is CC#CC(=O)NC1CCN(C(=O)c2noc(C)c2COc2ccccc2)C1. The molecule has 2 aromatic rings. The van der Waals surface area contributed by atoms with Gasteiger partial charge >= 0.3 is 0 Å². The number of aryl methyl sites for hydroxylation is 1. The number of para-hydroxylation sites is 1. The van der Waals surface area contributed by atoms with Crippen molar-refractivity contribution in [3.63, 3.8) is 0 Å². The third kappa shape index (κ3) is 4.47. The molecule has 0 radical (unpaired) electrons. The molecule has 7 heteroatoms. The van der Waals surface area contributed by atoms with Crippen LogP contribution in [0.5, 0.6) is 5.75 Å². The van der Waals surface area contributed by atoms with Crippen LogP contribution in [0.4, 0.5) is 0 Å². The number of benzene rings is 1. The Hall–Kier alpha value is -3.27. The van der Waals surface area contributed by atoms with Crippen molar-refractivity contribution in [2.45, 2.75) is 32.9 Å². The van der Waals surface area contributed by atoms with E-state index in [4.69, 9.17) is 9.26 Å². The average molecular weight is 367 g/mol. The summed E-state index contributed by atoms with van der Waals surface area (Å²) < 4.78 is 11.0. The van der Waals surface area contributed by atoms with Gasteiger partial charge in [-0.25, -0.2) is 0 Å². The van der Waals surface area contributed by atoms with Crippen LogP contribution in [-0.2, 0) is 11.4 Å². The molecule has 0 aliphatic carbocycles. The van der Waals surface area contributed by atoms with Gasteiger partial charge in [-0.15, -0.1) is 0 Å². The van der Waals surface area contributed by atoms with Crippen molar-refractivity contribution >= 4 is 11.8 Å². The molecule has 27 heavy (non-hydrogen) atoms. The quantitative estimate of drug-likeness (QED) is 0.816. The maximum atomic E-state index is 12.9. The van der Waals surface area contributed by atoms with Gasteiger partial charge in [-0.05, 0) is 38.3 Å². The maximum Gasteiger partial charge on any atom is 0.296 e. The molecule has 1 aliphatic heterocycles. The lowest BCUT2D eigenvalue weighted by molar-refractivity contribution is -0.116. The number of carbonyl (C=O) groups excluding carboxylic acids is 2. The highest BCUT2D eigenvalue weighted by molar-refractivity contribution is 5.95. The van der Waals surface area contributed by atoms with E-state index in [0.717, 1.165) is 0 Å². The fraction of sp³-hybridized carbons (Fsp3) is 0.350. The molecule has 140 valence electrons. The molecule has 2 heterocycles. The van der Waals surface area contributed by atoms with Crippen LogP contribution >= 0.6 is 0 Å². The summed E-state index contributed by atoms with van der Waals surface area (Å²) in [5.41, 5.74) is 0.886. The van der Waals surface area contributed by atoms with Crippen molar-refractivity contribution in [1.82, 2.24) is 15.4 Å². The van der Waals surface area contributed by atoms with E-state index in [-0.39, 0.29) is 30.2 Å². The Kier molecular flexibility index (Phi) is 5.77. The fourth-order valence-corrected chi connectivity index (χ4v) is 2.95. The van der Waals surface area contributed by atoms with Crippen molar-refractivity contribution in [1.29, 1.82) is 0 Å². The minimum absolute atomic E-state index is 0.112. The summed E-state index contributed by atoms with van der Waals surface area (Å²) in [6.45, 7) is 4.51. The standard InChI is InChI=1S/C20H21N3O4/c1-3-7-18(24)21-15-10-11-23(12-15)20(25)19-17(14(2)27-22-19)13-26-16-8-5-4-6-9-16/h4-6,8-9,15H,10-13H2,1-2H3,(H,21,24). The first-order valence-corrected chi connectivity index (χ1v) is 8.74. The van der Waals surface area contributed by atoms with Crippen LogP contribution in [0.2, 0.25) is 0 Å². The van der Waals surface area contributed by atoms with Crippen LogP contribution in [0, 0.1) is 18.8 Å². The second kappa shape index (κ2) is 8.41. The number of carbonyl (C=O) groups is 2. The predicted molar refractivity (Wildman–Crippen MR) is 97.9 cm³/mol. The number of nitrogens with zero attached hydrogens (tertiary/aromatic N) is 2. The van der Waals surface area contributed by atoms with Gasteiger partial charge in [0.25, 0.3) is 11.8 Å². The van der Waals surface area contributed by atoms with Crippen molar-refractivity contribution in [2.75, 3.05) is 13.1 Å². The maximum absolute atomic E-state index is 12.9. The van der Waals surface area contributed by atoms with Gasteiger partial charge in [-0.3, -0.25) is 9.59 Å². The summed E-state index contributed by atoms with van der Waals surface area (Å²) in [6, 6.07) is 9.24. The van der Waals surface area contributed by atoms with E-state index >= 15 is 0 Å². The molecule has 1 saturated heterocycles. The zero-order chi connectivity index (χ0) is 19.2. The molecule has 1 N–H and O–H groups in total. The number of amides is 2. The second-order valence-corrected chi connectivity index (χ2v) is 6.25. The highest BCUT2D eigenvalue weighted by Crippen LogP contribution is 2.21. The summed E-state index contributed by atoms with van der Waals surface area (Å²) in [6.07, 6.45) is 0.676. The van der Waals surface area contributed by atoms with Gasteiger partial charge in [0.2, 0.25) is 0 Å². The topological polar surface area (TPSA) is 84.7 Å². The number of likely N-dealkylation sites (tertiary alicyclic amines) is 1. The Balaban J connectivity index is 1.65. The molecule has 1 fully saturated rings. The third-order valence-electron chi connectivity index (χ3n) is 4.36. The second-order valence-electron chi connectivity index (χ2n) is 6.25. The molecule has 2 amide bonds. The van der Waals surface area contributed by atoms with Gasteiger partial charge in [-0.2, -0.15) is 0 Å². The zero-order valence-electron chi connectivity index (χ0n) is 15.3. The summed E-state index contributed by atoms with van der Waals surface area (Å²) in [5, 5.41) is 6.74. The third-order valence-corrected chi connectivity index (χ3v) is 4.36. The van der Waals surface area contributed by atoms with Gasteiger partial charge in [0.1, 0.15) is 18.1 Å². The van der Waals surface area contributed by atoms with Crippen LogP contribution in [0.25, 0.3) is 0 Å². The molecule has 0 saturated carbocycles. The molecular weight excluding hydrogens is 346 g/mol. The molecule has 0 spiro atoms. The summed E-state index contributed by atoms with van der Waals surface area (Å²) in [4.78, 5) is 26.1. The zero-order valence-corrected chi connectivity index (χ0v) is 15.3. The lowest BCUT2D eigenvalue weighted by Gasteiger charge is -2.16. The monoisotopic (exact) mass is 367 g/mol. The lowest BCUT2D eigenvalue weighted by Crippen LogP contribution is -2.38. The molecular formula is C20H21N3O4. The van der Waals surface area contributed by atoms with E-state index in [1.807, 2.05) is 30.3 Å². The number of hydrogen-bond acceptors (Lipinski definition) is 5. The van der Waals surface area contributed by atoms with Gasteiger partial charge in [0, 0.05) is 19.1 Å². The van der Waals surface area contributed by atoms with E-state index in [1.54, 1.807) is 18.7 Å². The molecule has 1 atom stereocenters. The van der Waals surface area contributed by atoms with Crippen LogP contribution in [0.1, 0.15) is 35.2 Å². The predicted octanol–water partition coefficient (Wildman–Crippen LogP) is 1.92. The number of rotatable bonds is 5. The highest BCUT2D eigenvalue weighted by atomic mass is 16.5. The average Bonchev–Trinajstić information content (AvgIpc) is 3.27. The number of hydrogen-bond donors (Lipinski definition) is 1. The number of aromatic nitrogens is 1. The number of ether oxygens (including phenoxy) is 1. The smallest absolute Gasteiger partial charge is 0.296 e. The largest absolute Gasteiger partial charge is 0.489 e. The van der Waals surface area contributed by atoms with Gasteiger partial charge in [0.15, 0.2) is 5.69 Å². The highest BCUT2D eigenvalue weighted by Gasteiger charge is 2.31. The van der Waals surface area contributed by atoms with Gasteiger partial charge in [0.05, 0.1) is 5.56 Å². The first kappa shape index (κ1) is 18.5. The summed E-state index contributed by atoms with van der Waals surface area (Å²) in [5.74, 6) is 5.71. The fourth-order valence-electron chi connectivity index (χ4n) is 2.95. The Bertz CT molecular complexity index is 880. The Morgan fingerprint density at radius 3 is 2.89 bits per heavy atom. The summed E-state index contributed by atoms with van der Waals surface area (Å²) >= 11 is 0. The lowest BCUT2D eigenvalue weighted by atomic mass is 10.2. The van der Waals surface area contributed by atoms with E-state index < -0.39 is 0 Å². The summed E-state index contributed by atoms with van der Waals surface area (Å²) in [7, 11) is 0. The molecule has 1 aliphatic rings. The van der Waals surface area contributed by atoms with E-state index in [2.05, 4.69) is 22.3 Å². The van der Waals surface area contributed by atoms with Gasteiger partial charge in [-0.1, -0.05) is 29.3 Å². The Labute approximate surface area is 157 Å². The minimum Gasteiger partial charge on any atom is -0.489 e. The molecule has 1 aromatic carbocycles. The first-order chi connectivity index (χ1) is 13.1. The van der Waals surface area contributed by atoms with Crippen molar-refractivity contribution < 1.29 is 18.8 Å².